The third-order valence-electron chi connectivity index (χ3n) is 4.31. The Morgan fingerprint density at radius 1 is 0.926 bits per heavy atom. The quantitative estimate of drug-likeness (QED) is 0.521. The fraction of sp³-hybridized carbons (Fsp3) is 0.0435. The van der Waals surface area contributed by atoms with Gasteiger partial charge < -0.3 is 4.74 Å². The lowest BCUT2D eigenvalue weighted by atomic mass is 9.96. The van der Waals surface area contributed by atoms with Crippen molar-refractivity contribution in [2.45, 2.75) is 6.10 Å². The molecule has 1 N–H and O–H groups in total. The van der Waals surface area contributed by atoms with Crippen molar-refractivity contribution in [1.29, 1.82) is 5.26 Å². The highest BCUT2D eigenvalue weighted by atomic mass is 16.5. The Bertz CT molecular complexity index is 1030. The van der Waals surface area contributed by atoms with E-state index in [0.717, 1.165) is 28.1 Å². The van der Waals surface area contributed by atoms with Crippen molar-refractivity contribution in [2.75, 3.05) is 5.43 Å². The van der Waals surface area contributed by atoms with Crippen LogP contribution in [-0.2, 0) is 0 Å². The number of nitrogens with zero attached hydrogens (tertiary/aromatic N) is 2. The number of nitriles is 1. The first-order chi connectivity index (χ1) is 13.3. The van der Waals surface area contributed by atoms with Crippen molar-refractivity contribution in [2.24, 2.45) is 5.10 Å². The predicted octanol–water partition coefficient (Wildman–Crippen LogP) is 5.17. The SMILES string of the molecule is N#Cc1ccc(C2Oc3ccccc3C=C2/C=N/Nc2ccccc2)cc1. The molecule has 0 saturated heterocycles. The molecule has 0 bridgehead atoms. The number of hydrogen-bond acceptors (Lipinski definition) is 4. The van der Waals surface area contributed by atoms with Gasteiger partial charge in [-0.25, -0.2) is 0 Å². The molecule has 1 aliphatic rings. The molecule has 4 heteroatoms. The number of rotatable bonds is 4. The molecular formula is C23H17N3O. The Labute approximate surface area is 158 Å². The Morgan fingerprint density at radius 2 is 1.67 bits per heavy atom. The molecule has 0 amide bonds. The van der Waals surface area contributed by atoms with E-state index in [1.165, 1.54) is 0 Å². The maximum absolute atomic E-state index is 9.02. The van der Waals surface area contributed by atoms with Crippen LogP contribution in [-0.4, -0.2) is 6.21 Å². The second-order valence-corrected chi connectivity index (χ2v) is 6.15. The number of hydrazone groups is 1. The first-order valence-electron chi connectivity index (χ1n) is 8.65. The molecule has 1 aliphatic heterocycles. The molecule has 0 aromatic heterocycles. The monoisotopic (exact) mass is 351 g/mol. The van der Waals surface area contributed by atoms with Crippen LogP contribution in [0.3, 0.4) is 0 Å². The van der Waals surface area contributed by atoms with Gasteiger partial charge in [0.25, 0.3) is 0 Å². The summed E-state index contributed by atoms with van der Waals surface area (Å²) in [5.41, 5.74) is 7.50. The average molecular weight is 351 g/mol. The van der Waals surface area contributed by atoms with Crippen molar-refractivity contribution in [3.63, 3.8) is 0 Å². The molecule has 1 heterocycles. The largest absolute Gasteiger partial charge is 0.480 e. The molecule has 0 saturated carbocycles. The number of anilines is 1. The molecule has 3 aromatic carbocycles. The Balaban J connectivity index is 1.65. The van der Waals surface area contributed by atoms with Crippen LogP contribution in [0.25, 0.3) is 6.08 Å². The summed E-state index contributed by atoms with van der Waals surface area (Å²) in [6.45, 7) is 0. The van der Waals surface area contributed by atoms with Crippen molar-refractivity contribution in [3.05, 3.63) is 101 Å². The van der Waals surface area contributed by atoms with Crippen LogP contribution in [0.4, 0.5) is 5.69 Å². The zero-order valence-corrected chi connectivity index (χ0v) is 14.5. The standard InChI is InChI=1S/C23H17N3O/c24-15-17-10-12-18(13-11-17)23-20(14-19-6-4-5-9-22(19)27-23)16-25-26-21-7-2-1-3-8-21/h1-14,16,23,26H/b25-16+. The van der Waals surface area contributed by atoms with Gasteiger partial charge in [0.1, 0.15) is 5.75 Å². The molecule has 1 atom stereocenters. The zero-order chi connectivity index (χ0) is 18.5. The van der Waals surface area contributed by atoms with E-state index in [2.05, 4.69) is 22.7 Å². The molecule has 0 spiro atoms. The lowest BCUT2D eigenvalue weighted by molar-refractivity contribution is 0.246. The van der Waals surface area contributed by atoms with Gasteiger partial charge in [0.2, 0.25) is 0 Å². The third kappa shape index (κ3) is 3.73. The first kappa shape index (κ1) is 16.6. The smallest absolute Gasteiger partial charge is 0.150 e. The Kier molecular flexibility index (Phi) is 4.67. The molecule has 0 aliphatic carbocycles. The second-order valence-electron chi connectivity index (χ2n) is 6.15. The van der Waals surface area contributed by atoms with Crippen molar-refractivity contribution in [3.8, 4) is 11.8 Å². The molecule has 0 radical (unpaired) electrons. The lowest BCUT2D eigenvalue weighted by Gasteiger charge is -2.26. The highest BCUT2D eigenvalue weighted by Crippen LogP contribution is 2.36. The summed E-state index contributed by atoms with van der Waals surface area (Å²) >= 11 is 0. The highest BCUT2D eigenvalue weighted by Gasteiger charge is 2.23. The topological polar surface area (TPSA) is 57.4 Å². The summed E-state index contributed by atoms with van der Waals surface area (Å²) in [4.78, 5) is 0. The van der Waals surface area contributed by atoms with Crippen molar-refractivity contribution >= 4 is 18.0 Å². The van der Waals surface area contributed by atoms with Gasteiger partial charge in [-0.2, -0.15) is 10.4 Å². The maximum Gasteiger partial charge on any atom is 0.150 e. The van der Waals surface area contributed by atoms with Gasteiger partial charge >= 0.3 is 0 Å². The minimum absolute atomic E-state index is 0.283. The zero-order valence-electron chi connectivity index (χ0n) is 14.5. The summed E-state index contributed by atoms with van der Waals surface area (Å²) in [5.74, 6) is 0.833. The normalized spacial score (nSPS) is 15.4. The average Bonchev–Trinajstić information content (AvgIpc) is 2.74. The summed E-state index contributed by atoms with van der Waals surface area (Å²) in [7, 11) is 0. The first-order valence-corrected chi connectivity index (χ1v) is 8.65. The third-order valence-corrected chi connectivity index (χ3v) is 4.31. The van der Waals surface area contributed by atoms with Gasteiger partial charge in [-0.1, -0.05) is 48.5 Å². The number of fused-ring (bicyclic) bond motifs is 1. The second kappa shape index (κ2) is 7.59. The number of benzene rings is 3. The van der Waals surface area contributed by atoms with Gasteiger partial charge in [0.15, 0.2) is 6.10 Å². The minimum Gasteiger partial charge on any atom is -0.480 e. The van der Waals surface area contributed by atoms with Crippen LogP contribution in [0.15, 0.2) is 89.5 Å². The van der Waals surface area contributed by atoms with Crippen molar-refractivity contribution in [1.82, 2.24) is 0 Å². The molecule has 0 fully saturated rings. The van der Waals surface area contributed by atoms with Gasteiger partial charge in [-0.3, -0.25) is 5.43 Å². The van der Waals surface area contributed by atoms with Crippen LogP contribution in [0.2, 0.25) is 0 Å². The number of nitrogens with one attached hydrogen (secondary N) is 1. The molecular weight excluding hydrogens is 334 g/mol. The minimum atomic E-state index is -0.283. The van der Waals surface area contributed by atoms with Gasteiger partial charge in [-0.15, -0.1) is 0 Å². The van der Waals surface area contributed by atoms with Crippen LogP contribution in [0.1, 0.15) is 22.8 Å². The van der Waals surface area contributed by atoms with Gasteiger partial charge in [0, 0.05) is 11.1 Å². The summed E-state index contributed by atoms with van der Waals surface area (Å²) in [5, 5.41) is 13.4. The summed E-state index contributed by atoms with van der Waals surface area (Å²) in [6.07, 6.45) is 3.58. The summed E-state index contributed by atoms with van der Waals surface area (Å²) < 4.78 is 6.24. The van der Waals surface area contributed by atoms with E-state index in [1.54, 1.807) is 18.3 Å². The van der Waals surface area contributed by atoms with Crippen molar-refractivity contribution < 1.29 is 4.74 Å². The summed E-state index contributed by atoms with van der Waals surface area (Å²) in [6, 6.07) is 27.3. The van der Waals surface area contributed by atoms with Gasteiger partial charge in [-0.05, 0) is 42.0 Å². The fourth-order valence-electron chi connectivity index (χ4n) is 2.95. The van der Waals surface area contributed by atoms with E-state index in [1.807, 2.05) is 66.7 Å². The Morgan fingerprint density at radius 3 is 2.44 bits per heavy atom. The lowest BCUT2D eigenvalue weighted by Crippen LogP contribution is -2.16. The molecule has 4 nitrogen and oxygen atoms in total. The van der Waals surface area contributed by atoms with Crippen LogP contribution in [0.5, 0.6) is 5.75 Å². The van der Waals surface area contributed by atoms with E-state index in [-0.39, 0.29) is 6.10 Å². The highest BCUT2D eigenvalue weighted by molar-refractivity contribution is 5.89. The van der Waals surface area contributed by atoms with E-state index < -0.39 is 0 Å². The molecule has 3 aromatic rings. The predicted molar refractivity (Wildman–Crippen MR) is 108 cm³/mol. The Hall–Kier alpha value is -3.84. The molecule has 27 heavy (non-hydrogen) atoms. The molecule has 130 valence electrons. The van der Waals surface area contributed by atoms with Crippen LogP contribution < -0.4 is 10.2 Å². The number of para-hydroxylation sites is 2. The van der Waals surface area contributed by atoms with E-state index in [0.29, 0.717) is 5.56 Å². The van der Waals surface area contributed by atoms with Gasteiger partial charge in [0.05, 0.1) is 23.5 Å². The van der Waals surface area contributed by atoms with Crippen LogP contribution in [0, 0.1) is 11.3 Å². The maximum atomic E-state index is 9.02. The van der Waals surface area contributed by atoms with E-state index >= 15 is 0 Å². The van der Waals surface area contributed by atoms with E-state index in [9.17, 15) is 0 Å². The molecule has 4 rings (SSSR count). The number of hydrogen-bond donors (Lipinski definition) is 1. The van der Waals surface area contributed by atoms with Crippen LogP contribution >= 0.6 is 0 Å². The fourth-order valence-corrected chi connectivity index (χ4v) is 2.95. The van der Waals surface area contributed by atoms with E-state index in [4.69, 9.17) is 10.00 Å². The number of ether oxygens (including phenoxy) is 1. The molecule has 1 unspecified atom stereocenters.